The number of carbonyl (C=O) groups is 4. The van der Waals surface area contributed by atoms with Crippen molar-refractivity contribution in [1.29, 1.82) is 0 Å². The largest absolute Gasteiger partial charge is 0.360 e. The zero-order valence-corrected chi connectivity index (χ0v) is 93.8. The maximum absolute atomic E-state index is 13.1. The predicted octanol–water partition coefficient (Wildman–Crippen LogP) is 30.3. The van der Waals surface area contributed by atoms with Crippen molar-refractivity contribution in [2.24, 2.45) is 28.2 Å². The molecule has 0 fully saturated rings. The van der Waals surface area contributed by atoms with E-state index < -0.39 is 46.8 Å². The normalized spacial score (nSPS) is 12.9. The van der Waals surface area contributed by atoms with Crippen molar-refractivity contribution in [2.75, 3.05) is 0 Å². The van der Waals surface area contributed by atoms with Gasteiger partial charge in [-0.3, -0.25) is 52.9 Å². The van der Waals surface area contributed by atoms with Gasteiger partial charge in [0, 0.05) is 122 Å². The topological polar surface area (TPSA) is 292 Å². The zero-order chi connectivity index (χ0) is 107. The van der Waals surface area contributed by atoms with Crippen molar-refractivity contribution in [3.05, 3.63) is 278 Å². The second kappa shape index (κ2) is 42.5. The molecular formula is C117H111Cl4N17O8S4. The summed E-state index contributed by atoms with van der Waals surface area (Å²) in [5, 5.41) is 25.3. The summed E-state index contributed by atoms with van der Waals surface area (Å²) in [6.07, 6.45) is 9.96. The standard InChI is InChI=1S/C33H30ClN5O2S.3C28H27ClN4O2S/c1-18-13-26-31(29(20-7-9-23(34)10-8-20)28(18)30(19(2)40)41-33(3,4)5)42-32(37-26)21-11-12-35-24(14-21)25-15-22-17-39(6)38-27(22)16-36-25;1-15-11-20-26(36-27(32-20)21-12-18-13-31-33(6)22(18)14-30-21)24(17-7-9-19(29)10-8-17)23(15)25(16(2)34)35-28(3,4)5;1-15-13-20-26(36-27(32-20)19-11-12-22-21(31-19)14-30-33(22)6)24(17-7-9-18(29)10-8-17)23(15)25(16(2)34)35-28(3,4)5;1-15-13-21-26(36-27(31-21)20-12-11-19-22(30-20)14-33(6)32-19)24(17-7-9-18(29)10-8-17)23(15)25(16(2)34)35-28(3,4)5/h7-17,30H,1-6H3;3*7-14,25H,1-6H3/t30-;3*25-/m1111/s1. The zero-order valence-electron chi connectivity index (χ0n) is 87.5. The monoisotopic (exact) mass is 2150 g/mol. The summed E-state index contributed by atoms with van der Waals surface area (Å²) in [6.45, 7) is 37.9. The van der Waals surface area contributed by atoms with Gasteiger partial charge in [-0.05, 0) is 304 Å². The molecule has 13 aromatic heterocycles. The highest BCUT2D eigenvalue weighted by atomic mass is 35.5. The first-order valence-corrected chi connectivity index (χ1v) is 53.4. The number of nitrogens with zero attached hydrogens (tertiary/aromatic N) is 17. The lowest BCUT2D eigenvalue weighted by molar-refractivity contribution is -0.139. The van der Waals surface area contributed by atoms with Gasteiger partial charge in [-0.25, -0.2) is 29.9 Å². The molecule has 0 saturated carbocycles. The molecule has 21 aromatic rings. The van der Waals surface area contributed by atoms with E-state index in [9.17, 15) is 19.2 Å². The van der Waals surface area contributed by atoms with Crippen LogP contribution < -0.4 is 0 Å². The Labute approximate surface area is 904 Å². The molecule has 8 aromatic carbocycles. The molecule has 0 saturated heterocycles. The van der Waals surface area contributed by atoms with Crippen molar-refractivity contribution in [1.82, 2.24) is 84.0 Å². The summed E-state index contributed by atoms with van der Waals surface area (Å²) in [4.78, 5) is 95.2. The number of thiazole rings is 4. The number of carbonyl (C=O) groups excluding carboxylic acids is 4. The molecule has 0 aliphatic rings. The average molecular weight is 2150 g/mol. The van der Waals surface area contributed by atoms with E-state index in [4.69, 9.17) is 95.3 Å². The summed E-state index contributed by atoms with van der Waals surface area (Å²) >= 11 is 31.2. The first-order valence-electron chi connectivity index (χ1n) is 48.7. The van der Waals surface area contributed by atoms with E-state index in [1.54, 1.807) is 110 Å². The van der Waals surface area contributed by atoms with Crippen LogP contribution in [0.2, 0.25) is 20.1 Å². The van der Waals surface area contributed by atoms with Crippen molar-refractivity contribution >= 4 is 200 Å². The highest BCUT2D eigenvalue weighted by Crippen LogP contribution is 2.52. The number of hydrogen-bond acceptors (Lipinski definition) is 25. The molecule has 0 spiro atoms. The summed E-state index contributed by atoms with van der Waals surface area (Å²) in [5.41, 5.74) is 26.2. The highest BCUT2D eigenvalue weighted by molar-refractivity contribution is 7.23. The number of benzene rings is 8. The van der Waals surface area contributed by atoms with Gasteiger partial charge < -0.3 is 18.9 Å². The number of aryl methyl sites for hydroxylation is 8. The molecule has 0 aliphatic carbocycles. The minimum absolute atomic E-state index is 0.0453. The van der Waals surface area contributed by atoms with Crippen LogP contribution in [-0.4, -0.2) is 130 Å². The Bertz CT molecular complexity index is 8360. The van der Waals surface area contributed by atoms with E-state index in [0.29, 0.717) is 20.1 Å². The summed E-state index contributed by atoms with van der Waals surface area (Å²) in [7, 11) is 7.57. The van der Waals surface area contributed by atoms with Gasteiger partial charge in [0.25, 0.3) is 0 Å². The van der Waals surface area contributed by atoms with Crippen molar-refractivity contribution < 1.29 is 38.1 Å². The van der Waals surface area contributed by atoms with Crippen LogP contribution in [0.25, 0.3) is 183 Å². The molecule has 21 rings (SSSR count). The maximum Gasteiger partial charge on any atom is 0.163 e. The molecule has 0 N–H and O–H groups in total. The SMILES string of the molecule is CC(=O)[C@@H](OC(C)(C)C)c1c(C)cc2nc(-c3cc4cnn(C)c4cn3)sc2c1-c1ccc(Cl)cc1.CC(=O)[C@@H](OC(C)(C)C)c1c(C)cc2nc(-c3ccc4c(cnn4C)n3)sc2c1-c1ccc(Cl)cc1.CC(=O)[C@@H](OC(C)(C)C)c1c(C)cc2nc(-c3ccc4nn(C)cc4n3)sc2c1-c1ccc(Cl)cc1.CC(=O)[C@@H](OC(C)(C)C)c1c(C)cc2nc(-c3ccnc(-c4cc5cn(C)nc5cn4)c3)sc2c1-c1ccc(Cl)cc1. The van der Waals surface area contributed by atoms with Crippen LogP contribution in [0.1, 0.15) is 180 Å². The van der Waals surface area contributed by atoms with Crippen LogP contribution in [0.4, 0.5) is 0 Å². The van der Waals surface area contributed by atoms with Crippen molar-refractivity contribution in [3.8, 4) is 98.6 Å². The van der Waals surface area contributed by atoms with Crippen LogP contribution in [0.15, 0.2) is 213 Å². The second-order valence-corrected chi connectivity index (χ2v) is 47.1. The first kappa shape index (κ1) is 106. The molecule has 13 heterocycles. The molecule has 0 unspecified atom stereocenters. The van der Waals surface area contributed by atoms with Gasteiger partial charge in [-0.15, -0.1) is 45.3 Å². The van der Waals surface area contributed by atoms with Gasteiger partial charge in [0.2, 0.25) is 0 Å². The molecular weight excluding hydrogens is 2040 g/mol. The number of pyridine rings is 5. The van der Waals surface area contributed by atoms with E-state index in [-0.39, 0.29) is 23.1 Å². The van der Waals surface area contributed by atoms with E-state index in [2.05, 4.69) is 35.3 Å². The van der Waals surface area contributed by atoms with Crippen LogP contribution in [0, 0.1) is 27.7 Å². The van der Waals surface area contributed by atoms with E-state index in [1.807, 2.05) is 334 Å². The van der Waals surface area contributed by atoms with Crippen molar-refractivity contribution in [2.45, 2.75) is 185 Å². The Hall–Kier alpha value is -13.4. The number of fused-ring (bicyclic) bond motifs is 8. The minimum Gasteiger partial charge on any atom is -0.360 e. The number of rotatable bonds is 21. The van der Waals surface area contributed by atoms with Crippen LogP contribution in [0.5, 0.6) is 0 Å². The quantitative estimate of drug-likeness (QED) is 0.0645. The number of aromatic nitrogens is 17. The Morgan fingerprint density at radius 3 is 1.03 bits per heavy atom. The third-order valence-electron chi connectivity index (χ3n) is 24.8. The van der Waals surface area contributed by atoms with Crippen LogP contribution in [-0.2, 0) is 66.3 Å². The van der Waals surface area contributed by atoms with E-state index >= 15 is 0 Å². The number of ether oxygens (including phenoxy) is 4. The third kappa shape index (κ3) is 23.1. The van der Waals surface area contributed by atoms with Crippen LogP contribution >= 0.6 is 91.8 Å². The average Bonchev–Trinajstić information content (AvgIpc) is 1.57. The molecule has 4 atom stereocenters. The minimum atomic E-state index is -0.730. The lowest BCUT2D eigenvalue weighted by Gasteiger charge is -2.29. The molecule has 0 aliphatic heterocycles. The number of Topliss-reactive ketones (excluding diaryl/α,β-unsaturated/α-hetero) is 4. The van der Waals surface area contributed by atoms with Gasteiger partial charge in [0.1, 0.15) is 66.5 Å². The lowest BCUT2D eigenvalue weighted by atomic mass is 9.90. The fraction of sp³-hybridized carbons (Fsp3) is 0.274. The molecule has 0 amide bonds. The first-order chi connectivity index (χ1) is 71.0. The third-order valence-corrected chi connectivity index (χ3v) is 30.3. The van der Waals surface area contributed by atoms with E-state index in [0.717, 1.165) is 228 Å². The number of halogens is 4. The Morgan fingerprint density at radius 1 is 0.300 bits per heavy atom. The smallest absolute Gasteiger partial charge is 0.163 e. The molecule has 150 heavy (non-hydrogen) atoms. The van der Waals surface area contributed by atoms with Crippen LogP contribution in [0.3, 0.4) is 0 Å². The van der Waals surface area contributed by atoms with Gasteiger partial charge >= 0.3 is 0 Å². The summed E-state index contributed by atoms with van der Waals surface area (Å²) in [5.74, 6) is -0.188. The van der Waals surface area contributed by atoms with Crippen molar-refractivity contribution in [3.63, 3.8) is 0 Å². The van der Waals surface area contributed by atoms with Gasteiger partial charge in [-0.2, -0.15) is 20.4 Å². The molecule has 33 heteroatoms. The Balaban J connectivity index is 0.000000131. The summed E-state index contributed by atoms with van der Waals surface area (Å²) in [6, 6.07) is 54.8. The van der Waals surface area contributed by atoms with E-state index in [1.165, 1.54) is 0 Å². The molecule has 0 radical (unpaired) electrons. The molecule has 25 nitrogen and oxygen atoms in total. The highest BCUT2D eigenvalue weighted by Gasteiger charge is 2.37. The fourth-order valence-electron chi connectivity index (χ4n) is 18.4. The maximum atomic E-state index is 13.1. The predicted molar refractivity (Wildman–Crippen MR) is 609 cm³/mol. The molecule has 0 bridgehead atoms. The number of ketones is 4. The van der Waals surface area contributed by atoms with Gasteiger partial charge in [0.15, 0.2) is 23.1 Å². The van der Waals surface area contributed by atoms with Gasteiger partial charge in [-0.1, -0.05) is 94.9 Å². The lowest BCUT2D eigenvalue weighted by Crippen LogP contribution is -2.27. The fourth-order valence-corrected chi connectivity index (χ4v) is 23.3. The Morgan fingerprint density at radius 2 is 0.633 bits per heavy atom. The second-order valence-electron chi connectivity index (χ2n) is 41.3. The summed E-state index contributed by atoms with van der Waals surface area (Å²) < 4.78 is 36.4. The number of hydrogen-bond donors (Lipinski definition) is 0. The van der Waals surface area contributed by atoms with Gasteiger partial charge in [0.05, 0.1) is 134 Å². The Kier molecular flexibility index (Phi) is 30.1. The molecule has 764 valence electrons.